The lowest BCUT2D eigenvalue weighted by atomic mass is 10.2. The fraction of sp³-hybridized carbons (Fsp3) is 1.00. The predicted molar refractivity (Wildman–Crippen MR) is 144 cm³/mol. The molecule has 0 aromatic carbocycles. The van der Waals surface area contributed by atoms with Crippen molar-refractivity contribution >= 4 is 0 Å². The maximum atomic E-state index is 10.3. The molecule has 0 bridgehead atoms. The normalized spacial score (nSPS) is 12.8. The summed E-state index contributed by atoms with van der Waals surface area (Å²) in [5, 5.41) is 37.9. The number of aliphatic hydroxyl groups is 2. The summed E-state index contributed by atoms with van der Waals surface area (Å²) in [6.07, 6.45) is -0.549. The summed E-state index contributed by atoms with van der Waals surface area (Å²) in [6, 6.07) is 0. The Bertz CT molecular complexity index is 347. The molecule has 11 heteroatoms. The molecule has 0 aromatic heterocycles. The molecule has 1 aliphatic rings. The van der Waals surface area contributed by atoms with E-state index in [1.54, 1.807) is 6.92 Å². The number of epoxide rings is 1. The second-order valence-electron chi connectivity index (χ2n) is 6.98. The largest absolute Gasteiger partial charge is 0.853 e. The summed E-state index contributed by atoms with van der Waals surface area (Å²) in [7, 11) is 0. The Kier molecular flexibility index (Phi) is 53.6. The smallest absolute Gasteiger partial charge is 0.154 e. The van der Waals surface area contributed by atoms with E-state index in [1.165, 1.54) is 0 Å². The van der Waals surface area contributed by atoms with E-state index in [-0.39, 0.29) is 93.8 Å². The average Bonchev–Trinajstić information content (AvgIpc) is 3.68. The minimum Gasteiger partial charge on any atom is -0.853 e. The Morgan fingerprint density at radius 3 is 1.27 bits per heavy atom. The molecule has 37 heavy (non-hydrogen) atoms. The van der Waals surface area contributed by atoms with Crippen molar-refractivity contribution in [2.45, 2.75) is 70.0 Å². The van der Waals surface area contributed by atoms with E-state index < -0.39 is 0 Å². The average molecular weight is 551 g/mol. The lowest BCUT2D eigenvalue weighted by Gasteiger charge is -2.21. The Balaban J connectivity index is -0.000000110. The topological polar surface area (TPSA) is 154 Å². The predicted octanol–water partition coefficient (Wildman–Crippen LogP) is 1.30. The molecular weight excluding hydrogens is 488 g/mol. The van der Waals surface area contributed by atoms with Gasteiger partial charge in [0.15, 0.2) is 12.6 Å². The van der Waals surface area contributed by atoms with Gasteiger partial charge in [0.2, 0.25) is 0 Å². The van der Waals surface area contributed by atoms with Crippen LogP contribution in [-0.4, -0.2) is 115 Å². The molecule has 1 rings (SSSR count). The Morgan fingerprint density at radius 1 is 0.649 bits per heavy atom. The molecule has 1 heterocycles. The number of aliphatic hydroxyl groups excluding tert-OH is 2. The van der Waals surface area contributed by atoms with Crippen molar-refractivity contribution in [2.24, 2.45) is 11.8 Å². The van der Waals surface area contributed by atoms with Crippen LogP contribution in [0.1, 0.15) is 57.4 Å². The molecule has 1 fully saturated rings. The van der Waals surface area contributed by atoms with Crippen molar-refractivity contribution in [3.63, 3.8) is 0 Å². The minimum absolute atomic E-state index is 0. The summed E-state index contributed by atoms with van der Waals surface area (Å²) in [5.41, 5.74) is 0. The van der Waals surface area contributed by atoms with Crippen LogP contribution >= 0.6 is 0 Å². The highest BCUT2D eigenvalue weighted by Gasteiger charge is 2.12. The molecule has 0 amide bonds. The van der Waals surface area contributed by atoms with Crippen molar-refractivity contribution in [1.82, 2.24) is 0 Å². The molecule has 0 spiro atoms. The van der Waals surface area contributed by atoms with Gasteiger partial charge in [-0.15, -0.1) is 13.2 Å². The van der Waals surface area contributed by atoms with Gasteiger partial charge in [-0.3, -0.25) is 0 Å². The highest BCUT2D eigenvalue weighted by Crippen LogP contribution is 2.04. The van der Waals surface area contributed by atoms with E-state index in [4.69, 9.17) is 38.6 Å². The van der Waals surface area contributed by atoms with E-state index in [0.29, 0.717) is 39.6 Å². The molecule has 2 N–H and O–H groups in total. The molecule has 2 unspecified atom stereocenters. The minimum atomic E-state index is -0.281. The van der Waals surface area contributed by atoms with Crippen LogP contribution in [0, 0.1) is 11.8 Å². The van der Waals surface area contributed by atoms with Crippen LogP contribution in [0.15, 0.2) is 0 Å². The molecule has 0 aliphatic carbocycles. The highest BCUT2D eigenvalue weighted by molar-refractivity contribution is 4.57. The number of hydrogen-bond donors (Lipinski definition) is 2. The third-order valence-electron chi connectivity index (χ3n) is 3.82. The van der Waals surface area contributed by atoms with E-state index in [2.05, 4.69) is 4.74 Å². The standard InChI is InChI=1S/C12H24O6.C8H18O4.C2H4O.4CH4/c1-3-17-11(2)18-10-12(8-15-6-4-13)9-16-7-5-14;1-3-11-7(2)12-6-8(4-9)5-10;1-2-3-1;;;;/h11-12H,3-10H2,1-2H3;7-10H,3-6H2,1-2H3;1-2H2;4*1H4/q-2;;;;;;. The third kappa shape index (κ3) is 42.9. The molecule has 1 aliphatic heterocycles. The first-order valence-electron chi connectivity index (χ1n) is 11.6. The van der Waals surface area contributed by atoms with Gasteiger partial charge in [0.1, 0.15) is 0 Å². The van der Waals surface area contributed by atoms with Gasteiger partial charge in [0, 0.05) is 38.3 Å². The molecular formula is C26H62O11-2. The van der Waals surface area contributed by atoms with Crippen LogP contribution in [-0.2, 0) is 33.2 Å². The first-order chi connectivity index (χ1) is 16.0. The van der Waals surface area contributed by atoms with Gasteiger partial charge in [-0.05, 0) is 27.7 Å². The van der Waals surface area contributed by atoms with Crippen LogP contribution < -0.4 is 10.2 Å². The second-order valence-corrected chi connectivity index (χ2v) is 6.98. The van der Waals surface area contributed by atoms with Crippen LogP contribution in [0.2, 0.25) is 0 Å². The van der Waals surface area contributed by atoms with E-state index >= 15 is 0 Å². The van der Waals surface area contributed by atoms with E-state index in [9.17, 15) is 10.2 Å². The quantitative estimate of drug-likeness (QED) is 0.128. The first-order valence-corrected chi connectivity index (χ1v) is 11.6. The third-order valence-corrected chi connectivity index (χ3v) is 3.82. The summed E-state index contributed by atoms with van der Waals surface area (Å²) >= 11 is 0. The fourth-order valence-corrected chi connectivity index (χ4v) is 2.03. The Labute approximate surface area is 228 Å². The molecule has 0 aromatic rings. The molecule has 234 valence electrons. The molecule has 0 saturated carbocycles. The van der Waals surface area contributed by atoms with Crippen LogP contribution in [0.3, 0.4) is 0 Å². The van der Waals surface area contributed by atoms with Crippen molar-refractivity contribution in [1.29, 1.82) is 0 Å². The van der Waals surface area contributed by atoms with Crippen molar-refractivity contribution in [2.75, 3.05) is 92.5 Å². The van der Waals surface area contributed by atoms with Gasteiger partial charge in [0.25, 0.3) is 0 Å². The van der Waals surface area contributed by atoms with Gasteiger partial charge in [-0.25, -0.2) is 0 Å². The zero-order chi connectivity index (χ0) is 25.2. The lowest BCUT2D eigenvalue weighted by Crippen LogP contribution is -2.27. The Hall–Kier alpha value is -0.440. The zero-order valence-electron chi connectivity index (χ0n) is 20.8. The number of hydrogen-bond acceptors (Lipinski definition) is 11. The SMILES string of the molecule is C.C.C.C.C1CO1.CCOC(C)OCC(CO)CO.CCOC(C)OCC(COCC[O-])COCC[O-]. The van der Waals surface area contributed by atoms with Crippen LogP contribution in [0.4, 0.5) is 0 Å². The molecule has 2 atom stereocenters. The number of rotatable bonds is 20. The lowest BCUT2D eigenvalue weighted by molar-refractivity contribution is -0.375. The van der Waals surface area contributed by atoms with Gasteiger partial charge in [0.05, 0.1) is 52.9 Å². The molecule has 1 saturated heterocycles. The monoisotopic (exact) mass is 550 g/mol. The van der Waals surface area contributed by atoms with Crippen molar-refractivity contribution < 1.29 is 53.6 Å². The van der Waals surface area contributed by atoms with Crippen molar-refractivity contribution in [3.05, 3.63) is 0 Å². The summed E-state index contributed by atoms with van der Waals surface area (Å²) < 4.78 is 35.8. The summed E-state index contributed by atoms with van der Waals surface area (Å²) in [4.78, 5) is 0. The van der Waals surface area contributed by atoms with Gasteiger partial charge in [-0.1, -0.05) is 29.7 Å². The second kappa shape index (κ2) is 40.1. The van der Waals surface area contributed by atoms with Crippen LogP contribution in [0.25, 0.3) is 0 Å². The van der Waals surface area contributed by atoms with Gasteiger partial charge < -0.3 is 53.6 Å². The highest BCUT2D eigenvalue weighted by atomic mass is 16.7. The molecule has 0 radical (unpaired) electrons. The van der Waals surface area contributed by atoms with Crippen LogP contribution in [0.5, 0.6) is 0 Å². The van der Waals surface area contributed by atoms with Gasteiger partial charge in [-0.2, -0.15) is 0 Å². The van der Waals surface area contributed by atoms with Crippen molar-refractivity contribution in [3.8, 4) is 0 Å². The van der Waals surface area contributed by atoms with Gasteiger partial charge >= 0.3 is 0 Å². The van der Waals surface area contributed by atoms with E-state index in [1.807, 2.05) is 20.8 Å². The maximum absolute atomic E-state index is 10.3. The van der Waals surface area contributed by atoms with E-state index in [0.717, 1.165) is 13.2 Å². The summed E-state index contributed by atoms with van der Waals surface area (Å²) in [5.74, 6) is -0.195. The Morgan fingerprint density at radius 2 is 1.00 bits per heavy atom. The summed E-state index contributed by atoms with van der Waals surface area (Å²) in [6.45, 7) is 11.8. The molecule has 11 nitrogen and oxygen atoms in total. The first kappa shape index (κ1) is 49.5. The number of ether oxygens (including phenoxy) is 7. The fourth-order valence-electron chi connectivity index (χ4n) is 2.03. The zero-order valence-corrected chi connectivity index (χ0v) is 20.8. The maximum Gasteiger partial charge on any atom is 0.154 e.